The van der Waals surface area contributed by atoms with Gasteiger partial charge in [-0.3, -0.25) is 15.1 Å². The summed E-state index contributed by atoms with van der Waals surface area (Å²) in [6.45, 7) is 0.515. The first-order chi connectivity index (χ1) is 10.2. The lowest BCUT2D eigenvalue weighted by Gasteiger charge is -2.24. The minimum absolute atomic E-state index is 0.112. The van der Waals surface area contributed by atoms with Crippen LogP contribution < -0.4 is 10.6 Å². The first-order valence-corrected chi connectivity index (χ1v) is 8.13. The summed E-state index contributed by atoms with van der Waals surface area (Å²) in [7, 11) is 1.73. The maximum absolute atomic E-state index is 10.8. The molecule has 0 aromatic heterocycles. The zero-order chi connectivity index (χ0) is 15.1. The van der Waals surface area contributed by atoms with Gasteiger partial charge in [0.15, 0.2) is 5.96 Å². The number of nitrogens with one attached hydrogen (secondary N) is 2. The normalized spacial score (nSPS) is 19.1. The van der Waals surface area contributed by atoms with E-state index < -0.39 is 0 Å². The summed E-state index contributed by atoms with van der Waals surface area (Å²) < 4.78 is 0. The predicted octanol–water partition coefficient (Wildman–Crippen LogP) is 2.16. The molecule has 0 spiro atoms. The Morgan fingerprint density at radius 3 is 3.10 bits per heavy atom. The molecule has 1 atom stereocenters. The van der Waals surface area contributed by atoms with E-state index in [1.807, 2.05) is 17.8 Å². The van der Waals surface area contributed by atoms with Gasteiger partial charge in [0.2, 0.25) is 0 Å². The van der Waals surface area contributed by atoms with Crippen LogP contribution in [0.15, 0.2) is 29.3 Å². The number of nitro groups is 1. The number of guanidine groups is 1. The Morgan fingerprint density at radius 2 is 2.43 bits per heavy atom. The average Bonchev–Trinajstić information content (AvgIpc) is 2.52. The van der Waals surface area contributed by atoms with Crippen molar-refractivity contribution >= 4 is 23.4 Å². The zero-order valence-electron chi connectivity index (χ0n) is 12.0. The molecule has 114 valence electrons. The maximum atomic E-state index is 10.8. The number of benzene rings is 1. The summed E-state index contributed by atoms with van der Waals surface area (Å²) in [5, 5.41) is 17.4. The lowest BCUT2D eigenvalue weighted by Crippen LogP contribution is -2.45. The van der Waals surface area contributed by atoms with Crippen molar-refractivity contribution in [3.63, 3.8) is 0 Å². The Bertz CT molecular complexity index is 515. The van der Waals surface area contributed by atoms with E-state index in [0.29, 0.717) is 12.6 Å². The largest absolute Gasteiger partial charge is 0.353 e. The second kappa shape index (κ2) is 7.87. The molecule has 1 heterocycles. The zero-order valence-corrected chi connectivity index (χ0v) is 12.9. The van der Waals surface area contributed by atoms with Crippen molar-refractivity contribution < 1.29 is 4.92 Å². The molecule has 1 saturated heterocycles. The van der Waals surface area contributed by atoms with Gasteiger partial charge in [0.05, 0.1) is 4.92 Å². The van der Waals surface area contributed by atoms with E-state index in [1.165, 1.54) is 18.2 Å². The van der Waals surface area contributed by atoms with E-state index in [1.54, 1.807) is 19.2 Å². The molecule has 7 heteroatoms. The lowest BCUT2D eigenvalue weighted by atomic mass is 10.2. The molecule has 1 aromatic rings. The van der Waals surface area contributed by atoms with E-state index in [0.717, 1.165) is 23.7 Å². The molecule has 0 amide bonds. The third-order valence-corrected chi connectivity index (χ3v) is 4.52. The minimum Gasteiger partial charge on any atom is -0.353 e. The number of hydrogen-bond donors (Lipinski definition) is 2. The summed E-state index contributed by atoms with van der Waals surface area (Å²) in [5.41, 5.74) is 0.978. The Labute approximate surface area is 128 Å². The fourth-order valence-electron chi connectivity index (χ4n) is 2.21. The fourth-order valence-corrected chi connectivity index (χ4v) is 3.28. The van der Waals surface area contributed by atoms with Gasteiger partial charge < -0.3 is 10.6 Å². The van der Waals surface area contributed by atoms with E-state index >= 15 is 0 Å². The third-order valence-electron chi connectivity index (χ3n) is 3.31. The molecule has 0 radical (unpaired) electrons. The minimum atomic E-state index is -0.379. The SMILES string of the molecule is CN=C(NCc1cccc([N+](=O)[O-])c1)NC1CCCSC1. The highest BCUT2D eigenvalue weighted by Crippen LogP contribution is 2.17. The van der Waals surface area contributed by atoms with Gasteiger partial charge in [0, 0.05) is 37.5 Å². The van der Waals surface area contributed by atoms with Gasteiger partial charge >= 0.3 is 0 Å². The van der Waals surface area contributed by atoms with Gasteiger partial charge in [-0.1, -0.05) is 12.1 Å². The molecule has 0 bridgehead atoms. The summed E-state index contributed by atoms with van der Waals surface area (Å²) in [4.78, 5) is 14.6. The second-order valence-corrected chi connectivity index (χ2v) is 6.06. The van der Waals surface area contributed by atoms with Crippen LogP contribution in [-0.4, -0.2) is 35.5 Å². The molecular formula is C14H20N4O2S. The van der Waals surface area contributed by atoms with Gasteiger partial charge in [0.25, 0.3) is 5.69 Å². The Hall–Kier alpha value is -1.76. The number of thioether (sulfide) groups is 1. The molecule has 1 aliphatic heterocycles. The standard InChI is InChI=1S/C14H20N4O2S/c1-15-14(17-12-5-3-7-21-10-12)16-9-11-4-2-6-13(8-11)18(19)20/h2,4,6,8,12H,3,5,7,9-10H2,1H3,(H2,15,16,17). The molecule has 0 saturated carbocycles. The summed E-state index contributed by atoms with van der Waals surface area (Å²) in [6, 6.07) is 7.08. The monoisotopic (exact) mass is 308 g/mol. The first-order valence-electron chi connectivity index (χ1n) is 6.97. The van der Waals surface area contributed by atoms with Crippen molar-refractivity contribution in [3.8, 4) is 0 Å². The lowest BCUT2D eigenvalue weighted by molar-refractivity contribution is -0.384. The number of aliphatic imine (C=N–C) groups is 1. The second-order valence-electron chi connectivity index (χ2n) is 4.91. The quantitative estimate of drug-likeness (QED) is 0.386. The molecule has 6 nitrogen and oxygen atoms in total. The van der Waals surface area contributed by atoms with Gasteiger partial charge in [0.1, 0.15) is 0 Å². The summed E-state index contributed by atoms with van der Waals surface area (Å²) >= 11 is 1.95. The van der Waals surface area contributed by atoms with Crippen molar-refractivity contribution in [3.05, 3.63) is 39.9 Å². The van der Waals surface area contributed by atoms with Crippen LogP contribution in [0.1, 0.15) is 18.4 Å². The average molecular weight is 308 g/mol. The highest BCUT2D eigenvalue weighted by atomic mass is 32.2. The molecule has 0 aliphatic carbocycles. The van der Waals surface area contributed by atoms with E-state index in [-0.39, 0.29) is 10.6 Å². The molecule has 2 N–H and O–H groups in total. The van der Waals surface area contributed by atoms with Crippen molar-refractivity contribution in [1.29, 1.82) is 0 Å². The van der Waals surface area contributed by atoms with Crippen molar-refractivity contribution in [2.45, 2.75) is 25.4 Å². The molecule has 1 unspecified atom stereocenters. The van der Waals surface area contributed by atoms with E-state index in [4.69, 9.17) is 0 Å². The van der Waals surface area contributed by atoms with Crippen molar-refractivity contribution in [2.75, 3.05) is 18.6 Å². The van der Waals surface area contributed by atoms with Crippen LogP contribution in [0.25, 0.3) is 0 Å². The number of hydrogen-bond acceptors (Lipinski definition) is 4. The maximum Gasteiger partial charge on any atom is 0.269 e. The van der Waals surface area contributed by atoms with Crippen molar-refractivity contribution in [2.24, 2.45) is 4.99 Å². The highest BCUT2D eigenvalue weighted by molar-refractivity contribution is 7.99. The molecule has 21 heavy (non-hydrogen) atoms. The van der Waals surface area contributed by atoms with Gasteiger partial charge in [-0.25, -0.2) is 0 Å². The molecule has 1 aliphatic rings. The van der Waals surface area contributed by atoms with Crippen LogP contribution in [0.4, 0.5) is 5.69 Å². The van der Waals surface area contributed by atoms with Crippen LogP contribution in [0.2, 0.25) is 0 Å². The molecular weight excluding hydrogens is 288 g/mol. The fraction of sp³-hybridized carbons (Fsp3) is 0.500. The molecule has 1 aromatic carbocycles. The topological polar surface area (TPSA) is 79.6 Å². The number of nitrogens with zero attached hydrogens (tertiary/aromatic N) is 2. The number of nitro benzene ring substituents is 1. The summed E-state index contributed by atoms with van der Waals surface area (Å²) in [6.07, 6.45) is 2.38. The van der Waals surface area contributed by atoms with Gasteiger partial charge in [-0.2, -0.15) is 11.8 Å². The molecule has 2 rings (SSSR count). The highest BCUT2D eigenvalue weighted by Gasteiger charge is 2.14. The third kappa shape index (κ3) is 4.93. The predicted molar refractivity (Wildman–Crippen MR) is 86.8 cm³/mol. The van der Waals surface area contributed by atoms with Crippen LogP contribution in [0.3, 0.4) is 0 Å². The Morgan fingerprint density at radius 1 is 1.57 bits per heavy atom. The van der Waals surface area contributed by atoms with Crippen molar-refractivity contribution in [1.82, 2.24) is 10.6 Å². The smallest absolute Gasteiger partial charge is 0.269 e. The van der Waals surface area contributed by atoms with E-state index in [2.05, 4.69) is 15.6 Å². The van der Waals surface area contributed by atoms with Gasteiger partial charge in [-0.15, -0.1) is 0 Å². The Balaban J connectivity index is 1.88. The van der Waals surface area contributed by atoms with Crippen LogP contribution in [-0.2, 0) is 6.54 Å². The van der Waals surface area contributed by atoms with Crippen LogP contribution in [0.5, 0.6) is 0 Å². The number of non-ortho nitro benzene ring substituents is 1. The van der Waals surface area contributed by atoms with Crippen LogP contribution in [0, 0.1) is 10.1 Å². The summed E-state index contributed by atoms with van der Waals surface area (Å²) in [5.74, 6) is 3.07. The number of rotatable bonds is 4. The molecule has 1 fully saturated rings. The first kappa shape index (κ1) is 15.6. The van der Waals surface area contributed by atoms with E-state index in [9.17, 15) is 10.1 Å². The van der Waals surface area contributed by atoms with Gasteiger partial charge in [-0.05, 0) is 24.2 Å². The Kier molecular flexibility index (Phi) is 5.86. The van der Waals surface area contributed by atoms with Crippen LogP contribution >= 0.6 is 11.8 Å².